The summed E-state index contributed by atoms with van der Waals surface area (Å²) < 4.78 is 0. The highest BCUT2D eigenvalue weighted by molar-refractivity contribution is 5.87. The maximum atomic E-state index is 12.5. The Bertz CT molecular complexity index is 392. The molecule has 0 radical (unpaired) electrons. The fraction of sp³-hybridized carbons (Fsp3) is 0.889. The number of amides is 1. The number of nitrogens with two attached hydrogens (primary N) is 1. The first-order chi connectivity index (χ1) is 10.9. The molecule has 1 atom stereocenters. The molecule has 1 aliphatic rings. The normalized spacial score (nSPS) is 18.7. The molecule has 5 heteroatoms. The Balaban J connectivity index is 3.04. The summed E-state index contributed by atoms with van der Waals surface area (Å²) in [4.78, 5) is 24.8. The lowest BCUT2D eigenvalue weighted by Gasteiger charge is -2.45. The lowest BCUT2D eigenvalue weighted by atomic mass is 9.70. The van der Waals surface area contributed by atoms with Crippen LogP contribution in [-0.4, -0.2) is 27.5 Å². The number of aliphatic carboxylic acids is 1. The molecule has 23 heavy (non-hydrogen) atoms. The van der Waals surface area contributed by atoms with Crippen LogP contribution in [0.15, 0.2) is 0 Å². The van der Waals surface area contributed by atoms with E-state index in [1.165, 1.54) is 0 Å². The minimum atomic E-state index is -1.25. The first kappa shape index (κ1) is 19.9. The molecular formula is C18H34N2O3. The van der Waals surface area contributed by atoms with Crippen LogP contribution in [0.5, 0.6) is 0 Å². The van der Waals surface area contributed by atoms with E-state index in [4.69, 9.17) is 5.84 Å². The third-order valence-corrected chi connectivity index (χ3v) is 5.06. The summed E-state index contributed by atoms with van der Waals surface area (Å²) in [7, 11) is 0. The average molecular weight is 326 g/mol. The molecule has 0 heterocycles. The van der Waals surface area contributed by atoms with Crippen molar-refractivity contribution in [1.29, 1.82) is 0 Å². The van der Waals surface area contributed by atoms with E-state index in [0.717, 1.165) is 56.4 Å². The second-order valence-electron chi connectivity index (χ2n) is 7.38. The van der Waals surface area contributed by atoms with Crippen molar-refractivity contribution in [3.63, 3.8) is 0 Å². The van der Waals surface area contributed by atoms with E-state index in [1.807, 2.05) is 13.8 Å². The van der Waals surface area contributed by atoms with Gasteiger partial charge in [0.1, 0.15) is 0 Å². The van der Waals surface area contributed by atoms with Crippen LogP contribution in [-0.2, 0) is 9.59 Å². The summed E-state index contributed by atoms with van der Waals surface area (Å²) >= 11 is 0. The van der Waals surface area contributed by atoms with Gasteiger partial charge in [-0.05, 0) is 37.5 Å². The van der Waals surface area contributed by atoms with E-state index in [0.29, 0.717) is 12.8 Å². The Hall–Kier alpha value is -1.10. The molecule has 134 valence electrons. The van der Waals surface area contributed by atoms with Crippen molar-refractivity contribution in [2.45, 2.75) is 90.5 Å². The van der Waals surface area contributed by atoms with E-state index < -0.39 is 11.5 Å². The highest BCUT2D eigenvalue weighted by Gasteiger charge is 2.51. The van der Waals surface area contributed by atoms with Gasteiger partial charge in [0.15, 0.2) is 5.54 Å². The first-order valence-corrected chi connectivity index (χ1v) is 9.17. The van der Waals surface area contributed by atoms with E-state index in [9.17, 15) is 14.7 Å². The Labute approximate surface area is 140 Å². The number of hydrogen-bond donors (Lipinski definition) is 2. The largest absolute Gasteiger partial charge is 0.479 e. The minimum Gasteiger partial charge on any atom is -0.479 e. The van der Waals surface area contributed by atoms with Gasteiger partial charge in [-0.2, -0.15) is 0 Å². The molecule has 1 unspecified atom stereocenters. The third-order valence-electron chi connectivity index (χ3n) is 5.06. The van der Waals surface area contributed by atoms with Gasteiger partial charge in [-0.1, -0.05) is 52.9 Å². The minimum absolute atomic E-state index is 0.0451. The van der Waals surface area contributed by atoms with Gasteiger partial charge in [-0.15, -0.1) is 0 Å². The molecular weight excluding hydrogens is 292 g/mol. The number of carboxylic acids is 1. The lowest BCUT2D eigenvalue weighted by Crippen LogP contribution is -2.65. The highest BCUT2D eigenvalue weighted by Crippen LogP contribution is 2.40. The van der Waals surface area contributed by atoms with Gasteiger partial charge < -0.3 is 5.11 Å². The summed E-state index contributed by atoms with van der Waals surface area (Å²) in [6.45, 7) is 6.07. The predicted molar refractivity (Wildman–Crippen MR) is 91.6 cm³/mol. The molecule has 1 saturated carbocycles. The number of carbonyl (C=O) groups is 2. The van der Waals surface area contributed by atoms with E-state index in [-0.39, 0.29) is 17.7 Å². The van der Waals surface area contributed by atoms with Gasteiger partial charge in [0, 0.05) is 6.42 Å². The molecule has 0 bridgehead atoms. The van der Waals surface area contributed by atoms with Crippen LogP contribution in [0.2, 0.25) is 0 Å². The van der Waals surface area contributed by atoms with Crippen molar-refractivity contribution in [1.82, 2.24) is 5.01 Å². The average Bonchev–Trinajstić information content (AvgIpc) is 2.52. The molecule has 1 amide bonds. The number of nitrogens with zero attached hydrogens (tertiary/aromatic N) is 1. The maximum Gasteiger partial charge on any atom is 0.331 e. The van der Waals surface area contributed by atoms with Crippen molar-refractivity contribution < 1.29 is 14.7 Å². The van der Waals surface area contributed by atoms with Crippen LogP contribution in [0.3, 0.4) is 0 Å². The Morgan fingerprint density at radius 2 is 1.83 bits per heavy atom. The molecule has 0 aromatic rings. The topological polar surface area (TPSA) is 83.6 Å². The highest BCUT2D eigenvalue weighted by atomic mass is 16.4. The van der Waals surface area contributed by atoms with Gasteiger partial charge in [-0.3, -0.25) is 9.80 Å². The number of carbonyl (C=O) groups excluding carboxylic acids is 1. The molecule has 1 fully saturated rings. The van der Waals surface area contributed by atoms with Crippen LogP contribution in [0.1, 0.15) is 85.0 Å². The molecule has 0 spiro atoms. The van der Waals surface area contributed by atoms with Gasteiger partial charge in [0.25, 0.3) is 0 Å². The molecule has 1 aliphatic carbocycles. The number of hydrogen-bond acceptors (Lipinski definition) is 3. The first-order valence-electron chi connectivity index (χ1n) is 9.17. The molecule has 5 nitrogen and oxygen atoms in total. The fourth-order valence-corrected chi connectivity index (χ4v) is 3.90. The number of unbranched alkanes of at least 4 members (excludes halogenated alkanes) is 2. The van der Waals surface area contributed by atoms with Gasteiger partial charge in [0.2, 0.25) is 5.91 Å². The zero-order chi connectivity index (χ0) is 17.5. The Morgan fingerprint density at radius 3 is 2.30 bits per heavy atom. The van der Waals surface area contributed by atoms with Gasteiger partial charge >= 0.3 is 5.97 Å². The van der Waals surface area contributed by atoms with Crippen molar-refractivity contribution in [3.8, 4) is 0 Å². The smallest absolute Gasteiger partial charge is 0.331 e. The molecule has 0 saturated heterocycles. The van der Waals surface area contributed by atoms with Crippen LogP contribution in [0.25, 0.3) is 0 Å². The van der Waals surface area contributed by atoms with E-state index >= 15 is 0 Å². The van der Waals surface area contributed by atoms with E-state index in [2.05, 4.69) is 6.92 Å². The summed E-state index contributed by atoms with van der Waals surface area (Å²) in [5.74, 6) is 5.12. The van der Waals surface area contributed by atoms with Crippen LogP contribution in [0, 0.1) is 11.8 Å². The van der Waals surface area contributed by atoms with Crippen molar-refractivity contribution in [2.75, 3.05) is 0 Å². The van der Waals surface area contributed by atoms with E-state index in [1.54, 1.807) is 0 Å². The van der Waals surface area contributed by atoms with Crippen LogP contribution < -0.4 is 5.84 Å². The number of rotatable bonds is 9. The van der Waals surface area contributed by atoms with Crippen molar-refractivity contribution in [2.24, 2.45) is 17.7 Å². The summed E-state index contributed by atoms with van der Waals surface area (Å²) in [5.41, 5.74) is -1.25. The monoisotopic (exact) mass is 326 g/mol. The zero-order valence-electron chi connectivity index (χ0n) is 15.0. The molecule has 1 rings (SSSR count). The second kappa shape index (κ2) is 9.26. The lowest BCUT2D eigenvalue weighted by molar-refractivity contribution is -0.167. The SMILES string of the molecule is CCCCCC(=O)N(N)C(CC(C)C)(C(=O)O)C1CCCCC1. The fourth-order valence-electron chi connectivity index (χ4n) is 3.90. The van der Waals surface area contributed by atoms with Crippen molar-refractivity contribution >= 4 is 11.9 Å². The summed E-state index contributed by atoms with van der Waals surface area (Å²) in [6.07, 6.45) is 8.39. The standard InChI is InChI=1S/C18H34N2O3/c1-4-5-7-12-16(21)20(19)18(17(22)23,13-14(2)3)15-10-8-6-9-11-15/h14-15H,4-13,19H2,1-3H3,(H,22,23). The maximum absolute atomic E-state index is 12.5. The number of carboxylic acid groups (broad SMARTS) is 1. The van der Waals surface area contributed by atoms with Crippen LogP contribution >= 0.6 is 0 Å². The predicted octanol–water partition coefficient (Wildman–Crippen LogP) is 3.72. The van der Waals surface area contributed by atoms with Gasteiger partial charge in [0.05, 0.1) is 0 Å². The quantitative estimate of drug-likeness (QED) is 0.293. The Kier molecular flexibility index (Phi) is 8.03. The molecule has 0 aromatic carbocycles. The summed E-state index contributed by atoms with van der Waals surface area (Å²) in [5, 5.41) is 11.1. The summed E-state index contributed by atoms with van der Waals surface area (Å²) in [6, 6.07) is 0. The molecule has 0 aromatic heterocycles. The third kappa shape index (κ3) is 4.93. The van der Waals surface area contributed by atoms with Crippen molar-refractivity contribution in [3.05, 3.63) is 0 Å². The molecule has 0 aliphatic heterocycles. The van der Waals surface area contributed by atoms with Gasteiger partial charge in [-0.25, -0.2) is 10.6 Å². The number of hydrazine groups is 1. The Morgan fingerprint density at radius 1 is 1.22 bits per heavy atom. The molecule has 3 N–H and O–H groups in total. The zero-order valence-corrected chi connectivity index (χ0v) is 15.0. The second-order valence-corrected chi connectivity index (χ2v) is 7.38. The van der Waals surface area contributed by atoms with Crippen LogP contribution in [0.4, 0.5) is 0 Å².